The van der Waals surface area contributed by atoms with Crippen molar-refractivity contribution in [2.75, 3.05) is 0 Å². The molecule has 0 amide bonds. The second kappa shape index (κ2) is 4.60. The molecule has 0 saturated heterocycles. The quantitative estimate of drug-likeness (QED) is 0.900. The van der Waals surface area contributed by atoms with Gasteiger partial charge in [0.25, 0.3) is 0 Å². The van der Waals surface area contributed by atoms with E-state index in [0.717, 1.165) is 11.6 Å². The maximum atomic E-state index is 12.8. The standard InChI is InChI=1S/C13H11F3O3/c1-2-7-3-4-8-6-9(12(17)18)11(13(14,15)16)19-10(8)5-7/h3-6,11H,2H2,1H3,(H,17,18)/t11-/m0/s1. The van der Waals surface area contributed by atoms with Crippen LogP contribution < -0.4 is 4.74 Å². The number of hydrogen-bond donors (Lipinski definition) is 1. The van der Waals surface area contributed by atoms with Crippen LogP contribution in [0.2, 0.25) is 0 Å². The first-order chi connectivity index (χ1) is 8.82. The summed E-state index contributed by atoms with van der Waals surface area (Å²) in [5.74, 6) is -1.57. The number of aliphatic carboxylic acids is 1. The molecule has 1 aromatic rings. The van der Waals surface area contributed by atoms with Crippen molar-refractivity contribution in [3.63, 3.8) is 0 Å². The van der Waals surface area contributed by atoms with Gasteiger partial charge in [-0.25, -0.2) is 4.79 Å². The summed E-state index contributed by atoms with van der Waals surface area (Å²) < 4.78 is 43.2. The van der Waals surface area contributed by atoms with Gasteiger partial charge in [0.05, 0.1) is 5.57 Å². The van der Waals surface area contributed by atoms with E-state index in [1.807, 2.05) is 6.92 Å². The number of rotatable bonds is 2. The molecule has 19 heavy (non-hydrogen) atoms. The molecule has 2 rings (SSSR count). The van der Waals surface area contributed by atoms with Crippen molar-refractivity contribution in [3.8, 4) is 5.75 Å². The predicted molar refractivity (Wildman–Crippen MR) is 61.9 cm³/mol. The molecule has 1 heterocycles. The number of hydrogen-bond acceptors (Lipinski definition) is 2. The van der Waals surface area contributed by atoms with Crippen LogP contribution in [0.1, 0.15) is 18.1 Å². The molecule has 0 aromatic heterocycles. The van der Waals surface area contributed by atoms with Crippen LogP contribution in [0.4, 0.5) is 13.2 Å². The monoisotopic (exact) mass is 272 g/mol. The summed E-state index contributed by atoms with van der Waals surface area (Å²) in [6.07, 6.45) is -5.52. The molecule has 6 heteroatoms. The van der Waals surface area contributed by atoms with Crippen molar-refractivity contribution in [3.05, 3.63) is 34.9 Å². The fourth-order valence-electron chi connectivity index (χ4n) is 1.87. The average molecular weight is 272 g/mol. The maximum Gasteiger partial charge on any atom is 0.430 e. The first-order valence-corrected chi connectivity index (χ1v) is 5.64. The Labute approximate surface area is 107 Å². The van der Waals surface area contributed by atoms with Gasteiger partial charge in [-0.15, -0.1) is 0 Å². The minimum Gasteiger partial charge on any atom is -0.478 e. The van der Waals surface area contributed by atoms with Crippen molar-refractivity contribution >= 4 is 12.0 Å². The zero-order valence-electron chi connectivity index (χ0n) is 9.99. The Balaban J connectivity index is 2.51. The van der Waals surface area contributed by atoms with Crippen molar-refractivity contribution in [2.45, 2.75) is 25.6 Å². The highest BCUT2D eigenvalue weighted by Gasteiger charge is 2.48. The largest absolute Gasteiger partial charge is 0.478 e. The van der Waals surface area contributed by atoms with Gasteiger partial charge in [0.1, 0.15) is 5.75 Å². The highest BCUT2D eigenvalue weighted by molar-refractivity contribution is 5.95. The molecule has 102 valence electrons. The van der Waals surface area contributed by atoms with Crippen LogP contribution in [-0.2, 0) is 11.2 Å². The molecule has 0 bridgehead atoms. The lowest BCUT2D eigenvalue weighted by Crippen LogP contribution is -2.40. The molecule has 1 atom stereocenters. The molecular weight excluding hydrogens is 261 g/mol. The topological polar surface area (TPSA) is 46.5 Å². The number of fused-ring (bicyclic) bond motifs is 1. The summed E-state index contributed by atoms with van der Waals surface area (Å²) in [6, 6.07) is 4.79. The van der Waals surface area contributed by atoms with E-state index in [-0.39, 0.29) is 5.75 Å². The highest BCUT2D eigenvalue weighted by Crippen LogP contribution is 2.37. The van der Waals surface area contributed by atoms with E-state index in [1.165, 1.54) is 6.07 Å². The molecule has 0 aliphatic carbocycles. The molecule has 3 nitrogen and oxygen atoms in total. The summed E-state index contributed by atoms with van der Waals surface area (Å²) >= 11 is 0. The minimum atomic E-state index is -4.76. The number of carboxylic acid groups (broad SMARTS) is 1. The van der Waals surface area contributed by atoms with Gasteiger partial charge in [-0.05, 0) is 24.1 Å². The second-order valence-corrected chi connectivity index (χ2v) is 4.17. The van der Waals surface area contributed by atoms with Crippen LogP contribution in [0.5, 0.6) is 5.75 Å². The molecule has 0 fully saturated rings. The molecule has 0 unspecified atom stereocenters. The summed E-state index contributed by atoms with van der Waals surface area (Å²) in [4.78, 5) is 10.9. The summed E-state index contributed by atoms with van der Waals surface area (Å²) in [7, 11) is 0. The molecule has 1 aromatic carbocycles. The molecule has 0 saturated carbocycles. The fourth-order valence-corrected chi connectivity index (χ4v) is 1.87. The SMILES string of the molecule is CCc1ccc2c(c1)O[C@H](C(F)(F)F)C(C(=O)O)=C2. The second-order valence-electron chi connectivity index (χ2n) is 4.17. The maximum absolute atomic E-state index is 12.8. The zero-order chi connectivity index (χ0) is 14.2. The summed E-state index contributed by atoms with van der Waals surface area (Å²) in [5.41, 5.74) is 0.367. The third kappa shape index (κ3) is 2.57. The van der Waals surface area contributed by atoms with E-state index in [2.05, 4.69) is 0 Å². The van der Waals surface area contributed by atoms with Crippen molar-refractivity contribution in [1.82, 2.24) is 0 Å². The minimum absolute atomic E-state index is 0.0617. The van der Waals surface area contributed by atoms with Crippen LogP contribution >= 0.6 is 0 Å². The number of halogens is 3. The Morgan fingerprint density at radius 2 is 2.11 bits per heavy atom. The van der Waals surface area contributed by atoms with Crippen LogP contribution in [0.3, 0.4) is 0 Å². The van der Waals surface area contributed by atoms with Crippen LogP contribution in [-0.4, -0.2) is 23.4 Å². The van der Waals surface area contributed by atoms with E-state index in [1.54, 1.807) is 12.1 Å². The predicted octanol–water partition coefficient (Wildman–Crippen LogP) is 3.04. The molecule has 1 aliphatic rings. The Kier molecular flexibility index (Phi) is 3.26. The van der Waals surface area contributed by atoms with Gasteiger partial charge < -0.3 is 9.84 Å². The van der Waals surface area contributed by atoms with Crippen LogP contribution in [0.15, 0.2) is 23.8 Å². The van der Waals surface area contributed by atoms with Gasteiger partial charge >= 0.3 is 12.1 Å². The number of ether oxygens (including phenoxy) is 1. The average Bonchev–Trinajstić information content (AvgIpc) is 2.35. The summed E-state index contributed by atoms with van der Waals surface area (Å²) in [6.45, 7) is 1.87. The third-order valence-electron chi connectivity index (χ3n) is 2.87. The van der Waals surface area contributed by atoms with E-state index in [0.29, 0.717) is 12.0 Å². The van der Waals surface area contributed by atoms with Gasteiger partial charge in [-0.1, -0.05) is 19.1 Å². The Morgan fingerprint density at radius 1 is 1.42 bits per heavy atom. The van der Waals surface area contributed by atoms with Gasteiger partial charge in [0.15, 0.2) is 0 Å². The first-order valence-electron chi connectivity index (χ1n) is 5.64. The van der Waals surface area contributed by atoms with Crippen molar-refractivity contribution in [2.24, 2.45) is 0 Å². The number of alkyl halides is 3. The summed E-state index contributed by atoms with van der Waals surface area (Å²) in [5, 5.41) is 8.85. The Bertz CT molecular complexity index is 547. The molecular formula is C13H11F3O3. The first kappa shape index (κ1) is 13.5. The number of aryl methyl sites for hydroxylation is 1. The van der Waals surface area contributed by atoms with Crippen molar-refractivity contribution in [1.29, 1.82) is 0 Å². The lowest BCUT2D eigenvalue weighted by Gasteiger charge is -2.27. The third-order valence-corrected chi connectivity index (χ3v) is 2.87. The molecule has 0 spiro atoms. The Morgan fingerprint density at radius 3 is 2.63 bits per heavy atom. The fraction of sp³-hybridized carbons (Fsp3) is 0.308. The van der Waals surface area contributed by atoms with Gasteiger partial charge in [0, 0.05) is 5.56 Å². The lowest BCUT2D eigenvalue weighted by atomic mass is 9.99. The van der Waals surface area contributed by atoms with Crippen molar-refractivity contribution < 1.29 is 27.8 Å². The molecule has 1 aliphatic heterocycles. The van der Waals surface area contributed by atoms with E-state index < -0.39 is 23.8 Å². The number of carbonyl (C=O) groups is 1. The lowest BCUT2D eigenvalue weighted by molar-refractivity contribution is -0.187. The number of carboxylic acids is 1. The van der Waals surface area contributed by atoms with E-state index in [9.17, 15) is 18.0 Å². The van der Waals surface area contributed by atoms with Crippen LogP contribution in [0, 0.1) is 0 Å². The number of benzene rings is 1. The van der Waals surface area contributed by atoms with Gasteiger partial charge in [-0.2, -0.15) is 13.2 Å². The highest BCUT2D eigenvalue weighted by atomic mass is 19.4. The van der Waals surface area contributed by atoms with Gasteiger partial charge in [-0.3, -0.25) is 0 Å². The van der Waals surface area contributed by atoms with Gasteiger partial charge in [0.2, 0.25) is 6.10 Å². The normalized spacial score (nSPS) is 18.3. The van der Waals surface area contributed by atoms with E-state index >= 15 is 0 Å². The smallest absolute Gasteiger partial charge is 0.430 e. The zero-order valence-corrected chi connectivity index (χ0v) is 9.99. The Hall–Kier alpha value is -1.98. The molecule has 0 radical (unpaired) electrons. The molecule has 1 N–H and O–H groups in total. The van der Waals surface area contributed by atoms with E-state index in [4.69, 9.17) is 9.84 Å². The van der Waals surface area contributed by atoms with Crippen LogP contribution in [0.25, 0.3) is 6.08 Å².